The van der Waals surface area contributed by atoms with Gasteiger partial charge in [0.2, 0.25) is 0 Å². The maximum atomic E-state index is 13.3. The van der Waals surface area contributed by atoms with E-state index >= 15 is 0 Å². The normalized spacial score (nSPS) is 15.0. The Morgan fingerprint density at radius 3 is 2.26 bits per heavy atom. The molecular formula is C37H34FNO6S. The van der Waals surface area contributed by atoms with E-state index < -0.39 is 21.6 Å². The quantitative estimate of drug-likeness (QED) is 0.122. The number of rotatable bonds is 10. The summed E-state index contributed by atoms with van der Waals surface area (Å²) in [4.78, 5) is 12.9. The molecule has 46 heavy (non-hydrogen) atoms. The lowest BCUT2D eigenvalue weighted by Crippen LogP contribution is -2.35. The molecule has 1 atom stereocenters. The van der Waals surface area contributed by atoms with Crippen molar-refractivity contribution in [2.45, 2.75) is 36.6 Å². The van der Waals surface area contributed by atoms with Crippen LogP contribution in [0.3, 0.4) is 0 Å². The van der Waals surface area contributed by atoms with Crippen LogP contribution in [-0.4, -0.2) is 39.8 Å². The van der Waals surface area contributed by atoms with Gasteiger partial charge in [0.05, 0.1) is 17.1 Å². The van der Waals surface area contributed by atoms with E-state index in [0.29, 0.717) is 29.9 Å². The Morgan fingerprint density at radius 1 is 0.848 bits per heavy atom. The second-order valence-electron chi connectivity index (χ2n) is 11.4. The minimum absolute atomic E-state index is 0.224. The van der Waals surface area contributed by atoms with Crippen molar-refractivity contribution in [1.82, 2.24) is 5.32 Å². The number of fused-ring (bicyclic) bond motifs is 1. The van der Waals surface area contributed by atoms with E-state index in [2.05, 4.69) is 5.32 Å². The van der Waals surface area contributed by atoms with Crippen molar-refractivity contribution >= 4 is 26.6 Å². The number of carbonyl (C=O) groups excluding carboxylic acids is 1. The maximum Gasteiger partial charge on any atom is 0.343 e. The summed E-state index contributed by atoms with van der Waals surface area (Å²) in [5.41, 5.74) is 1.76. The zero-order valence-electron chi connectivity index (χ0n) is 25.4. The number of ether oxygens (including phenoxy) is 3. The third-order valence-corrected chi connectivity index (χ3v) is 9.15. The van der Waals surface area contributed by atoms with E-state index in [-0.39, 0.29) is 10.5 Å². The molecule has 0 radical (unpaired) electrons. The number of benzene rings is 5. The molecule has 1 N–H and O–H groups in total. The van der Waals surface area contributed by atoms with Gasteiger partial charge in [-0.15, -0.1) is 0 Å². The van der Waals surface area contributed by atoms with Gasteiger partial charge in [-0.05, 0) is 122 Å². The molecule has 9 heteroatoms. The standard InChI is InChI=1S/C37H34FNO6S/c1-46(41,42)33-17-7-25(8-18-33)34-19-9-27-24-32(45-37(40)26-5-10-28(38)11-6-26)16-20-35(27)36(34)44-31-14-12-30(13-15-31)43-23-21-29-4-2-3-22-39-29/h5-20,24,29,39H,2-4,21-23H2,1H3. The lowest BCUT2D eigenvalue weighted by molar-refractivity contribution is 0.0735. The van der Waals surface area contributed by atoms with Crippen LogP contribution in [0.2, 0.25) is 0 Å². The SMILES string of the molecule is CS(=O)(=O)c1ccc(-c2ccc3cc(OC(=O)c4ccc(F)cc4)ccc3c2Oc2ccc(OCCC3CCCCN3)cc2)cc1. The Hall–Kier alpha value is -4.73. The van der Waals surface area contributed by atoms with Crippen LogP contribution in [0.5, 0.6) is 23.0 Å². The number of nitrogens with one attached hydrogen (secondary N) is 1. The van der Waals surface area contributed by atoms with Gasteiger partial charge in [0.25, 0.3) is 0 Å². The van der Waals surface area contributed by atoms with Crippen molar-refractivity contribution in [3.63, 3.8) is 0 Å². The summed E-state index contributed by atoms with van der Waals surface area (Å²) in [6, 6.07) is 28.7. The van der Waals surface area contributed by atoms with Crippen molar-refractivity contribution in [3.8, 4) is 34.1 Å². The lowest BCUT2D eigenvalue weighted by Gasteiger charge is -2.23. The fourth-order valence-electron chi connectivity index (χ4n) is 5.52. The van der Waals surface area contributed by atoms with E-state index in [1.165, 1.54) is 49.8 Å². The van der Waals surface area contributed by atoms with Crippen LogP contribution < -0.4 is 19.5 Å². The number of halogens is 1. The molecular weight excluding hydrogens is 605 g/mol. The molecule has 1 aliphatic heterocycles. The van der Waals surface area contributed by atoms with Crippen molar-refractivity contribution in [3.05, 3.63) is 115 Å². The average molecular weight is 640 g/mol. The largest absolute Gasteiger partial charge is 0.494 e. The van der Waals surface area contributed by atoms with Gasteiger partial charge in [-0.25, -0.2) is 17.6 Å². The van der Waals surface area contributed by atoms with Crippen LogP contribution in [0.1, 0.15) is 36.0 Å². The fourth-order valence-corrected chi connectivity index (χ4v) is 6.16. The second-order valence-corrected chi connectivity index (χ2v) is 13.4. The topological polar surface area (TPSA) is 90.9 Å². The monoisotopic (exact) mass is 639 g/mol. The van der Waals surface area contributed by atoms with Crippen molar-refractivity contribution in [2.75, 3.05) is 19.4 Å². The molecule has 0 spiro atoms. The first-order chi connectivity index (χ1) is 22.2. The van der Waals surface area contributed by atoms with Gasteiger partial charge in [-0.3, -0.25) is 0 Å². The second kappa shape index (κ2) is 13.7. The van der Waals surface area contributed by atoms with E-state index in [1.807, 2.05) is 42.5 Å². The molecule has 5 aromatic carbocycles. The summed E-state index contributed by atoms with van der Waals surface area (Å²) in [5.74, 6) is 1.18. The van der Waals surface area contributed by atoms with Crippen molar-refractivity contribution in [1.29, 1.82) is 0 Å². The highest BCUT2D eigenvalue weighted by Crippen LogP contribution is 2.41. The van der Waals surface area contributed by atoms with E-state index in [4.69, 9.17) is 14.2 Å². The van der Waals surface area contributed by atoms with Crippen molar-refractivity contribution in [2.24, 2.45) is 0 Å². The molecule has 7 nitrogen and oxygen atoms in total. The number of sulfone groups is 1. The minimum Gasteiger partial charge on any atom is -0.494 e. The highest BCUT2D eigenvalue weighted by Gasteiger charge is 2.17. The average Bonchev–Trinajstić information content (AvgIpc) is 3.06. The molecule has 0 aliphatic carbocycles. The summed E-state index contributed by atoms with van der Waals surface area (Å²) in [6.45, 7) is 1.69. The molecule has 0 aromatic heterocycles. The fraction of sp³-hybridized carbons (Fsp3) is 0.216. The zero-order chi connectivity index (χ0) is 32.1. The minimum atomic E-state index is -3.36. The molecule has 0 amide bonds. The molecule has 0 saturated carbocycles. The number of esters is 1. The first-order valence-electron chi connectivity index (χ1n) is 15.2. The number of carbonyl (C=O) groups is 1. The first kappa shape index (κ1) is 31.3. The molecule has 236 valence electrons. The zero-order valence-corrected chi connectivity index (χ0v) is 26.2. The van der Waals surface area contributed by atoms with Crippen LogP contribution in [0, 0.1) is 5.82 Å². The summed E-state index contributed by atoms with van der Waals surface area (Å²) < 4.78 is 55.5. The van der Waals surface area contributed by atoms with Gasteiger partial charge < -0.3 is 19.5 Å². The van der Waals surface area contributed by atoms with E-state index in [0.717, 1.165) is 40.6 Å². The summed E-state index contributed by atoms with van der Waals surface area (Å²) in [7, 11) is -3.36. The van der Waals surface area contributed by atoms with E-state index in [9.17, 15) is 17.6 Å². The Labute approximate surface area is 267 Å². The molecule has 0 bridgehead atoms. The van der Waals surface area contributed by atoms with Gasteiger partial charge in [-0.1, -0.05) is 24.6 Å². The summed E-state index contributed by atoms with van der Waals surface area (Å²) in [5, 5.41) is 5.05. The third kappa shape index (κ3) is 7.55. The first-order valence-corrected chi connectivity index (χ1v) is 17.1. The predicted molar refractivity (Wildman–Crippen MR) is 176 cm³/mol. The van der Waals surface area contributed by atoms with Gasteiger partial charge in [0.15, 0.2) is 9.84 Å². The molecule has 6 rings (SSSR count). The van der Waals surface area contributed by atoms with Gasteiger partial charge in [-0.2, -0.15) is 0 Å². The Morgan fingerprint density at radius 2 is 1.57 bits per heavy atom. The molecule has 1 heterocycles. The molecule has 5 aromatic rings. The smallest absolute Gasteiger partial charge is 0.343 e. The Balaban J connectivity index is 1.27. The number of hydrogen-bond donors (Lipinski definition) is 1. The Bertz CT molecular complexity index is 1940. The molecule has 1 aliphatic rings. The molecule has 1 fully saturated rings. The van der Waals surface area contributed by atoms with Crippen molar-refractivity contribution < 1.29 is 31.8 Å². The summed E-state index contributed by atoms with van der Waals surface area (Å²) >= 11 is 0. The maximum absolute atomic E-state index is 13.3. The van der Waals surface area contributed by atoms with E-state index in [1.54, 1.807) is 36.4 Å². The Kier molecular flexibility index (Phi) is 9.33. The lowest BCUT2D eigenvalue weighted by atomic mass is 9.99. The van der Waals surface area contributed by atoms with Crippen LogP contribution in [-0.2, 0) is 9.84 Å². The van der Waals surface area contributed by atoms with Crippen LogP contribution >= 0.6 is 0 Å². The van der Waals surface area contributed by atoms with Crippen LogP contribution in [0.15, 0.2) is 108 Å². The highest BCUT2D eigenvalue weighted by molar-refractivity contribution is 7.90. The third-order valence-electron chi connectivity index (χ3n) is 8.02. The van der Waals surface area contributed by atoms with Gasteiger partial charge >= 0.3 is 5.97 Å². The summed E-state index contributed by atoms with van der Waals surface area (Å²) in [6.07, 6.45) is 5.79. The van der Waals surface area contributed by atoms with Crippen LogP contribution in [0.25, 0.3) is 21.9 Å². The predicted octanol–water partition coefficient (Wildman–Crippen LogP) is 7.97. The molecule has 1 saturated heterocycles. The number of hydrogen-bond acceptors (Lipinski definition) is 7. The van der Waals surface area contributed by atoms with Gasteiger partial charge in [0.1, 0.15) is 28.8 Å². The highest BCUT2D eigenvalue weighted by atomic mass is 32.2. The number of piperidine rings is 1. The van der Waals surface area contributed by atoms with Gasteiger partial charge in [0, 0.05) is 23.2 Å². The molecule has 1 unspecified atom stereocenters. The van der Waals surface area contributed by atoms with Crippen LogP contribution in [0.4, 0.5) is 4.39 Å².